The van der Waals surface area contributed by atoms with Gasteiger partial charge >= 0.3 is 0 Å². The van der Waals surface area contributed by atoms with Crippen LogP contribution in [0, 0.1) is 0 Å². The Bertz CT molecular complexity index is 1790. The van der Waals surface area contributed by atoms with Gasteiger partial charge in [-0.25, -0.2) is 0 Å². The molecule has 0 spiro atoms. The first-order valence-corrected chi connectivity index (χ1v) is 15.3. The van der Waals surface area contributed by atoms with Crippen molar-refractivity contribution in [2.45, 2.75) is 58.4 Å². The minimum absolute atomic E-state index is 0.172. The lowest BCUT2D eigenvalue weighted by atomic mass is 9.73. The van der Waals surface area contributed by atoms with E-state index in [1.165, 1.54) is 74.4 Å². The second kappa shape index (κ2) is 10.3. The Balaban J connectivity index is 1.59. The molecule has 0 fully saturated rings. The van der Waals surface area contributed by atoms with Crippen LogP contribution in [0.1, 0.15) is 63.1 Å². The van der Waals surface area contributed by atoms with Crippen molar-refractivity contribution in [3.8, 4) is 33.6 Å². The summed E-state index contributed by atoms with van der Waals surface area (Å²) in [4.78, 5) is 0. The lowest BCUT2D eigenvalue weighted by molar-refractivity contribution is -0.742. The van der Waals surface area contributed by atoms with Crippen molar-refractivity contribution in [3.05, 3.63) is 132 Å². The summed E-state index contributed by atoms with van der Waals surface area (Å²) in [5, 5.41) is 0. The molecule has 0 amide bonds. The number of aryl methyl sites for hydroxylation is 1. The van der Waals surface area contributed by atoms with Crippen LogP contribution in [0.5, 0.6) is 0 Å². The van der Waals surface area contributed by atoms with E-state index < -0.39 is 0 Å². The summed E-state index contributed by atoms with van der Waals surface area (Å²) in [6.45, 7) is 7.00. The summed E-state index contributed by atoms with van der Waals surface area (Å²) in [6, 6.07) is 38.3. The van der Waals surface area contributed by atoms with Crippen LogP contribution in [-0.2, 0) is 12.0 Å². The molecule has 0 saturated carbocycles. The molecule has 0 bridgehead atoms. The van der Waals surface area contributed by atoms with E-state index in [0.717, 1.165) is 19.3 Å². The zero-order chi connectivity index (χ0) is 28.0. The summed E-state index contributed by atoms with van der Waals surface area (Å²) < 4.78 is 5.08. The van der Waals surface area contributed by atoms with Gasteiger partial charge in [0.15, 0.2) is 17.9 Å². The molecule has 202 valence electrons. The largest absolute Gasteiger partial charge is 0.230 e. The predicted octanol–water partition coefficient (Wildman–Crippen LogP) is 8.86. The van der Waals surface area contributed by atoms with Crippen molar-refractivity contribution in [3.63, 3.8) is 0 Å². The predicted molar refractivity (Wildman–Crippen MR) is 169 cm³/mol. The van der Waals surface area contributed by atoms with Crippen LogP contribution >= 0.6 is 0 Å². The SMILES string of the molecule is CCCCc1ccc2c(c1)-c1cccc[n+]1C(CC)(CC)C2=C1c2ccccc2-c2ccc(-c3ccccc3)c[n+]21. The first-order chi connectivity index (χ1) is 20.2. The Hall–Kier alpha value is -4.30. The molecule has 0 saturated heterocycles. The molecule has 3 aromatic carbocycles. The smallest absolute Gasteiger partial charge is 0.188 e. The lowest BCUT2D eigenvalue weighted by Crippen LogP contribution is -2.60. The van der Waals surface area contributed by atoms with E-state index in [9.17, 15) is 0 Å². The second-order valence-corrected chi connectivity index (χ2v) is 11.5. The zero-order valence-corrected chi connectivity index (χ0v) is 24.4. The topological polar surface area (TPSA) is 7.76 Å². The first-order valence-electron chi connectivity index (χ1n) is 15.3. The van der Waals surface area contributed by atoms with Gasteiger partial charge in [0.2, 0.25) is 17.1 Å². The molecule has 0 unspecified atom stereocenters. The van der Waals surface area contributed by atoms with Gasteiger partial charge in [0.25, 0.3) is 0 Å². The summed E-state index contributed by atoms with van der Waals surface area (Å²) in [5.74, 6) is 0. The van der Waals surface area contributed by atoms with E-state index in [4.69, 9.17) is 0 Å². The number of hydrogen-bond acceptors (Lipinski definition) is 0. The van der Waals surface area contributed by atoms with Gasteiger partial charge in [0.1, 0.15) is 5.57 Å². The fourth-order valence-electron chi connectivity index (χ4n) is 7.26. The molecule has 5 aromatic rings. The van der Waals surface area contributed by atoms with Gasteiger partial charge in [-0.3, -0.25) is 0 Å². The number of benzene rings is 3. The van der Waals surface area contributed by atoms with Gasteiger partial charge in [-0.15, -0.1) is 0 Å². The van der Waals surface area contributed by atoms with E-state index in [2.05, 4.69) is 145 Å². The monoisotopic (exact) mass is 534 g/mol. The van der Waals surface area contributed by atoms with Gasteiger partial charge in [-0.2, -0.15) is 9.13 Å². The van der Waals surface area contributed by atoms with Crippen LogP contribution in [0.4, 0.5) is 0 Å². The summed E-state index contributed by atoms with van der Waals surface area (Å²) in [5.41, 5.74) is 14.4. The van der Waals surface area contributed by atoms with Crippen molar-refractivity contribution in [1.29, 1.82) is 0 Å². The van der Waals surface area contributed by atoms with E-state index in [-0.39, 0.29) is 5.54 Å². The Labute approximate surface area is 244 Å². The highest BCUT2D eigenvalue weighted by atomic mass is 15.1. The molecule has 7 rings (SSSR count). The number of aromatic nitrogens is 2. The molecule has 4 heterocycles. The van der Waals surface area contributed by atoms with Gasteiger partial charge < -0.3 is 0 Å². The maximum atomic E-state index is 2.59. The van der Waals surface area contributed by atoms with Gasteiger partial charge in [-0.1, -0.05) is 81.8 Å². The highest BCUT2D eigenvalue weighted by Gasteiger charge is 2.53. The number of allylic oxidation sites excluding steroid dienone is 1. The molecule has 2 heteroatoms. The standard InChI is InChI=1S/C39H38N2/c1-4-7-15-28-21-23-32-34(26-28)36-20-13-14-25-41(36)39(5-2,6-3)37(32)38-33-19-12-11-18-31(33)35-24-22-30(27-40(35)38)29-16-9-8-10-17-29/h8-14,16-27H,4-7,15H2,1-3H3/q+2. The van der Waals surface area contributed by atoms with Crippen molar-refractivity contribution >= 4 is 11.3 Å². The average Bonchev–Trinajstić information content (AvgIpc) is 3.36. The minimum Gasteiger partial charge on any atom is -0.188 e. The highest BCUT2D eigenvalue weighted by molar-refractivity contribution is 6.00. The van der Waals surface area contributed by atoms with E-state index in [1.807, 2.05) is 0 Å². The van der Waals surface area contributed by atoms with Crippen LogP contribution in [0.2, 0.25) is 0 Å². The minimum atomic E-state index is -0.172. The molecule has 2 nitrogen and oxygen atoms in total. The molecule has 2 aliphatic rings. The third-order valence-corrected chi connectivity index (χ3v) is 9.40. The van der Waals surface area contributed by atoms with E-state index in [1.54, 1.807) is 0 Å². The molecular weight excluding hydrogens is 496 g/mol. The summed E-state index contributed by atoms with van der Waals surface area (Å²) >= 11 is 0. The lowest BCUT2D eigenvalue weighted by Gasteiger charge is -2.35. The Morgan fingerprint density at radius 3 is 2.15 bits per heavy atom. The van der Waals surface area contributed by atoms with Gasteiger partial charge in [0.05, 0.1) is 16.7 Å². The molecule has 0 N–H and O–H groups in total. The number of nitrogens with zero attached hydrogens (tertiary/aromatic N) is 2. The first kappa shape index (κ1) is 25.7. The third kappa shape index (κ3) is 3.92. The van der Waals surface area contributed by atoms with Crippen LogP contribution in [-0.4, -0.2) is 0 Å². The summed E-state index contributed by atoms with van der Waals surface area (Å²) in [7, 11) is 0. The van der Waals surface area contributed by atoms with Gasteiger partial charge in [0, 0.05) is 42.2 Å². The maximum absolute atomic E-state index is 2.59. The van der Waals surface area contributed by atoms with Crippen LogP contribution in [0.15, 0.2) is 116 Å². The number of fused-ring (bicyclic) bond motifs is 6. The third-order valence-electron chi connectivity index (χ3n) is 9.40. The number of rotatable bonds is 6. The van der Waals surface area contributed by atoms with Gasteiger partial charge in [-0.05, 0) is 54.3 Å². The molecule has 0 aliphatic carbocycles. The molecule has 2 aliphatic heterocycles. The number of unbranched alkanes of at least 4 members (excludes halogenated alkanes) is 1. The van der Waals surface area contributed by atoms with Crippen LogP contribution < -0.4 is 9.13 Å². The fourth-order valence-corrected chi connectivity index (χ4v) is 7.26. The molecule has 0 atom stereocenters. The number of pyridine rings is 2. The average molecular weight is 535 g/mol. The quantitative estimate of drug-likeness (QED) is 0.189. The normalized spacial score (nSPS) is 16.1. The molecular formula is C39H38N2+2. The van der Waals surface area contributed by atoms with Crippen molar-refractivity contribution in [1.82, 2.24) is 0 Å². The zero-order valence-electron chi connectivity index (χ0n) is 24.4. The molecule has 0 radical (unpaired) electrons. The summed E-state index contributed by atoms with van der Waals surface area (Å²) in [6.07, 6.45) is 10.3. The fraction of sp³-hybridized carbons (Fsp3) is 0.231. The van der Waals surface area contributed by atoms with E-state index in [0.29, 0.717) is 0 Å². The molecule has 2 aromatic heterocycles. The van der Waals surface area contributed by atoms with Crippen LogP contribution in [0.25, 0.3) is 44.9 Å². The Morgan fingerprint density at radius 2 is 1.37 bits per heavy atom. The van der Waals surface area contributed by atoms with Crippen molar-refractivity contribution in [2.75, 3.05) is 0 Å². The molecule has 41 heavy (non-hydrogen) atoms. The number of hydrogen-bond donors (Lipinski definition) is 0. The Morgan fingerprint density at radius 1 is 0.610 bits per heavy atom. The highest BCUT2D eigenvalue weighted by Crippen LogP contribution is 2.50. The van der Waals surface area contributed by atoms with Crippen molar-refractivity contribution < 1.29 is 9.13 Å². The van der Waals surface area contributed by atoms with Crippen molar-refractivity contribution in [2.24, 2.45) is 0 Å². The van der Waals surface area contributed by atoms with Crippen LogP contribution in [0.3, 0.4) is 0 Å². The van der Waals surface area contributed by atoms with E-state index >= 15 is 0 Å². The Kier molecular flexibility index (Phi) is 6.43. The maximum Gasteiger partial charge on any atom is 0.230 e. The second-order valence-electron chi connectivity index (χ2n) is 11.5.